The van der Waals surface area contributed by atoms with Gasteiger partial charge in [0.05, 0.1) is 11.3 Å². The van der Waals surface area contributed by atoms with Gasteiger partial charge in [0, 0.05) is 11.1 Å². The van der Waals surface area contributed by atoms with E-state index in [1.165, 1.54) is 29.5 Å². The van der Waals surface area contributed by atoms with Crippen LogP contribution in [0.5, 0.6) is 5.75 Å². The summed E-state index contributed by atoms with van der Waals surface area (Å²) in [5.41, 5.74) is 0.622. The van der Waals surface area contributed by atoms with Crippen LogP contribution in [-0.4, -0.2) is 22.0 Å². The van der Waals surface area contributed by atoms with Crippen LogP contribution in [0.4, 0.5) is 0 Å². The van der Waals surface area contributed by atoms with Crippen molar-refractivity contribution in [3.8, 4) is 5.75 Å². The second kappa shape index (κ2) is 5.01. The van der Waals surface area contributed by atoms with Crippen molar-refractivity contribution in [2.75, 3.05) is 0 Å². The lowest BCUT2D eigenvalue weighted by atomic mass is 10.0. The minimum atomic E-state index is -1.05. The highest BCUT2D eigenvalue weighted by Gasteiger charge is 2.13. The Hall–Kier alpha value is -2.14. The number of carboxylic acid groups (broad SMARTS) is 1. The van der Waals surface area contributed by atoms with Gasteiger partial charge in [-0.2, -0.15) is 0 Å². The number of thiophene rings is 1. The lowest BCUT2D eigenvalue weighted by molar-refractivity contribution is -0.136. The van der Waals surface area contributed by atoms with Crippen LogP contribution in [0, 0.1) is 0 Å². The number of phenols is 1. The van der Waals surface area contributed by atoms with E-state index in [1.54, 1.807) is 17.5 Å². The molecule has 0 atom stereocenters. The molecule has 18 heavy (non-hydrogen) atoms. The first-order chi connectivity index (χ1) is 8.58. The maximum Gasteiger partial charge on any atom is 0.307 e. The molecule has 0 fully saturated rings. The molecule has 1 aromatic carbocycles. The number of carboxylic acids is 1. The molecule has 0 aliphatic rings. The number of rotatable bonds is 4. The highest BCUT2D eigenvalue weighted by Crippen LogP contribution is 2.22. The third-order valence-electron chi connectivity index (χ3n) is 2.43. The number of carbonyl (C=O) groups is 2. The van der Waals surface area contributed by atoms with Crippen molar-refractivity contribution < 1.29 is 19.8 Å². The maximum absolute atomic E-state index is 12.0. The fourth-order valence-electron chi connectivity index (χ4n) is 1.58. The Bertz CT molecular complexity index is 587. The van der Waals surface area contributed by atoms with Crippen molar-refractivity contribution in [1.82, 2.24) is 0 Å². The zero-order chi connectivity index (χ0) is 13.1. The molecule has 2 rings (SSSR count). The van der Waals surface area contributed by atoms with E-state index in [0.717, 1.165) is 0 Å². The Balaban J connectivity index is 2.35. The van der Waals surface area contributed by atoms with Crippen LogP contribution in [-0.2, 0) is 11.2 Å². The molecule has 2 N–H and O–H groups in total. The number of carbonyl (C=O) groups excluding carboxylic acids is 1. The Kier molecular flexibility index (Phi) is 3.43. The molecular formula is C13H10O4S. The molecule has 0 spiro atoms. The summed E-state index contributed by atoms with van der Waals surface area (Å²) in [6.45, 7) is 0. The highest BCUT2D eigenvalue weighted by atomic mass is 32.1. The van der Waals surface area contributed by atoms with Gasteiger partial charge in [0.2, 0.25) is 5.78 Å². The number of hydrogen-bond acceptors (Lipinski definition) is 4. The largest absolute Gasteiger partial charge is 0.508 e. The Morgan fingerprint density at radius 2 is 2.00 bits per heavy atom. The first-order valence-electron chi connectivity index (χ1n) is 5.20. The third-order valence-corrected chi connectivity index (χ3v) is 3.30. The molecule has 0 saturated carbocycles. The predicted molar refractivity (Wildman–Crippen MR) is 67.2 cm³/mol. The van der Waals surface area contributed by atoms with Crippen LogP contribution in [0.1, 0.15) is 20.8 Å². The molecule has 1 aromatic heterocycles. The van der Waals surface area contributed by atoms with Gasteiger partial charge in [-0.25, -0.2) is 0 Å². The maximum atomic E-state index is 12.0. The van der Waals surface area contributed by atoms with Crippen molar-refractivity contribution in [1.29, 1.82) is 0 Å². The van der Waals surface area contributed by atoms with E-state index >= 15 is 0 Å². The Morgan fingerprint density at radius 3 is 2.61 bits per heavy atom. The number of ketones is 1. The average molecular weight is 262 g/mol. The van der Waals surface area contributed by atoms with Crippen LogP contribution in [0.2, 0.25) is 0 Å². The fourth-order valence-corrected chi connectivity index (χ4v) is 2.27. The summed E-state index contributed by atoms with van der Waals surface area (Å²) in [6, 6.07) is 7.74. The molecule has 1 heterocycles. The summed E-state index contributed by atoms with van der Waals surface area (Å²) in [5.74, 6) is -1.33. The molecular weight excluding hydrogens is 252 g/mol. The fraction of sp³-hybridized carbons (Fsp3) is 0.0769. The van der Waals surface area contributed by atoms with E-state index in [9.17, 15) is 14.7 Å². The van der Waals surface area contributed by atoms with Gasteiger partial charge in [-0.1, -0.05) is 6.07 Å². The van der Waals surface area contributed by atoms with Gasteiger partial charge >= 0.3 is 5.97 Å². The van der Waals surface area contributed by atoms with Crippen LogP contribution in [0.3, 0.4) is 0 Å². The molecule has 0 saturated heterocycles. The number of aliphatic carboxylic acids is 1. The Labute approximate surface area is 107 Å². The highest BCUT2D eigenvalue weighted by molar-refractivity contribution is 7.12. The molecule has 92 valence electrons. The van der Waals surface area contributed by atoms with Crippen molar-refractivity contribution in [3.63, 3.8) is 0 Å². The van der Waals surface area contributed by atoms with Gasteiger partial charge in [-0.05, 0) is 29.6 Å². The zero-order valence-corrected chi connectivity index (χ0v) is 10.1. The van der Waals surface area contributed by atoms with Gasteiger partial charge in [0.25, 0.3) is 0 Å². The second-order valence-corrected chi connectivity index (χ2v) is 4.67. The van der Waals surface area contributed by atoms with Crippen molar-refractivity contribution >= 4 is 23.1 Å². The van der Waals surface area contributed by atoms with Crippen molar-refractivity contribution in [2.45, 2.75) is 6.42 Å². The van der Waals surface area contributed by atoms with Gasteiger partial charge in [-0.3, -0.25) is 9.59 Å². The van der Waals surface area contributed by atoms with E-state index in [0.29, 0.717) is 10.4 Å². The first kappa shape index (κ1) is 12.3. The molecule has 0 aliphatic carbocycles. The second-order valence-electron chi connectivity index (χ2n) is 3.72. The van der Waals surface area contributed by atoms with E-state index in [-0.39, 0.29) is 23.5 Å². The van der Waals surface area contributed by atoms with E-state index in [2.05, 4.69) is 0 Å². The normalized spacial score (nSPS) is 10.2. The minimum Gasteiger partial charge on any atom is -0.508 e. The molecule has 0 amide bonds. The third kappa shape index (κ3) is 2.57. The van der Waals surface area contributed by atoms with Crippen LogP contribution in [0.15, 0.2) is 35.7 Å². The zero-order valence-electron chi connectivity index (χ0n) is 9.29. The standard InChI is InChI=1S/C13H10O4S/c14-10-4-3-8(6-9(10)7-12(15)16)13(17)11-2-1-5-18-11/h1-6,14H,7H2,(H,15,16). The first-order valence-corrected chi connectivity index (χ1v) is 6.08. The number of aromatic hydroxyl groups is 1. The van der Waals surface area contributed by atoms with E-state index in [4.69, 9.17) is 5.11 Å². The van der Waals surface area contributed by atoms with Crippen molar-refractivity contribution in [2.24, 2.45) is 0 Å². The summed E-state index contributed by atoms with van der Waals surface area (Å²) < 4.78 is 0. The summed E-state index contributed by atoms with van der Waals surface area (Å²) >= 11 is 1.32. The summed E-state index contributed by atoms with van der Waals surface area (Å²) in [7, 11) is 0. The quantitative estimate of drug-likeness (QED) is 0.829. The predicted octanol–water partition coefficient (Wildman–Crippen LogP) is 2.31. The van der Waals surface area contributed by atoms with Crippen LogP contribution in [0.25, 0.3) is 0 Å². The average Bonchev–Trinajstić information content (AvgIpc) is 2.84. The molecule has 4 nitrogen and oxygen atoms in total. The summed E-state index contributed by atoms with van der Waals surface area (Å²) in [4.78, 5) is 23.3. The van der Waals surface area contributed by atoms with E-state index < -0.39 is 5.97 Å². The SMILES string of the molecule is O=C(O)Cc1cc(C(=O)c2cccs2)ccc1O. The van der Waals surface area contributed by atoms with Gasteiger partial charge < -0.3 is 10.2 Å². The van der Waals surface area contributed by atoms with Crippen LogP contribution >= 0.6 is 11.3 Å². The minimum absolute atomic E-state index is 0.111. The Morgan fingerprint density at radius 1 is 1.22 bits per heavy atom. The molecule has 2 aromatic rings. The topological polar surface area (TPSA) is 74.6 Å². The lowest BCUT2D eigenvalue weighted by Crippen LogP contribution is -2.04. The lowest BCUT2D eigenvalue weighted by Gasteiger charge is -2.04. The number of phenolic OH excluding ortho intramolecular Hbond substituents is 1. The van der Waals surface area contributed by atoms with E-state index in [1.807, 2.05) is 0 Å². The summed E-state index contributed by atoms with van der Waals surface area (Å²) in [6.07, 6.45) is -0.308. The van der Waals surface area contributed by atoms with Gasteiger partial charge in [0.15, 0.2) is 0 Å². The smallest absolute Gasteiger partial charge is 0.307 e. The molecule has 0 bridgehead atoms. The number of benzene rings is 1. The monoisotopic (exact) mass is 262 g/mol. The van der Waals surface area contributed by atoms with Gasteiger partial charge in [0.1, 0.15) is 5.75 Å². The molecule has 5 heteroatoms. The molecule has 0 unspecified atom stereocenters. The molecule has 0 radical (unpaired) electrons. The van der Waals surface area contributed by atoms with Crippen molar-refractivity contribution in [3.05, 3.63) is 51.7 Å². The molecule has 0 aliphatic heterocycles. The van der Waals surface area contributed by atoms with Crippen LogP contribution < -0.4 is 0 Å². The summed E-state index contributed by atoms with van der Waals surface area (Å²) in [5, 5.41) is 20.0. The van der Waals surface area contributed by atoms with Gasteiger partial charge in [-0.15, -0.1) is 11.3 Å². The number of hydrogen-bond donors (Lipinski definition) is 2.